The topological polar surface area (TPSA) is 91.0 Å². The number of nitrogens with two attached hydrogens (primary N) is 1. The summed E-state index contributed by atoms with van der Waals surface area (Å²) in [5, 5.41) is 7.53. The Hall–Kier alpha value is -2.50. The highest BCUT2D eigenvalue weighted by atomic mass is 16.5. The minimum absolute atomic E-state index is 0.153. The first-order valence-electron chi connectivity index (χ1n) is 5.31. The lowest BCUT2D eigenvalue weighted by Gasteiger charge is -2.03. The maximum Gasteiger partial charge on any atom is 0.233 e. The van der Waals surface area contributed by atoms with E-state index in [-0.39, 0.29) is 17.9 Å². The van der Waals surface area contributed by atoms with Crippen molar-refractivity contribution in [2.45, 2.75) is 6.42 Å². The van der Waals surface area contributed by atoms with E-state index in [1.807, 2.05) is 0 Å². The van der Waals surface area contributed by atoms with Crippen LogP contribution in [0.25, 0.3) is 0 Å². The van der Waals surface area contributed by atoms with Crippen molar-refractivity contribution in [1.82, 2.24) is 15.2 Å². The van der Waals surface area contributed by atoms with Crippen LogP contribution in [0.3, 0.4) is 0 Å². The van der Waals surface area contributed by atoms with E-state index < -0.39 is 0 Å². The van der Waals surface area contributed by atoms with E-state index in [4.69, 9.17) is 10.5 Å². The predicted octanol–water partition coefficient (Wildman–Crippen LogP) is 0.888. The molecule has 6 heteroatoms. The second-order valence-corrected chi connectivity index (χ2v) is 3.61. The molecular weight excluding hydrogens is 232 g/mol. The van der Waals surface area contributed by atoms with Crippen molar-refractivity contribution in [3.63, 3.8) is 0 Å². The molecular formula is C12H12N4O2. The van der Waals surface area contributed by atoms with Crippen molar-refractivity contribution < 1.29 is 9.53 Å². The summed E-state index contributed by atoms with van der Waals surface area (Å²) < 4.78 is 4.87. The third-order valence-corrected chi connectivity index (χ3v) is 2.41. The van der Waals surface area contributed by atoms with Gasteiger partial charge in [0.05, 0.1) is 7.11 Å². The van der Waals surface area contributed by atoms with Gasteiger partial charge < -0.3 is 10.5 Å². The van der Waals surface area contributed by atoms with Crippen LogP contribution in [0.15, 0.2) is 30.5 Å². The van der Waals surface area contributed by atoms with Crippen molar-refractivity contribution in [2.24, 2.45) is 0 Å². The molecule has 2 aromatic heterocycles. The molecule has 0 spiro atoms. The molecule has 2 N–H and O–H groups in total. The summed E-state index contributed by atoms with van der Waals surface area (Å²) in [6.07, 6.45) is 1.73. The van der Waals surface area contributed by atoms with Gasteiger partial charge in [0.1, 0.15) is 11.5 Å². The van der Waals surface area contributed by atoms with Crippen LogP contribution in [0.2, 0.25) is 0 Å². The van der Waals surface area contributed by atoms with Gasteiger partial charge in [-0.15, -0.1) is 10.2 Å². The quantitative estimate of drug-likeness (QED) is 0.803. The summed E-state index contributed by atoms with van der Waals surface area (Å²) in [4.78, 5) is 15.9. The van der Waals surface area contributed by atoms with Gasteiger partial charge in [0.2, 0.25) is 5.88 Å². The van der Waals surface area contributed by atoms with Crippen LogP contribution in [-0.2, 0) is 6.42 Å². The number of carbonyl (C=O) groups excluding carboxylic acids is 1. The van der Waals surface area contributed by atoms with Crippen LogP contribution in [0.5, 0.6) is 5.88 Å². The number of hydrogen-bond acceptors (Lipinski definition) is 6. The van der Waals surface area contributed by atoms with Gasteiger partial charge in [-0.1, -0.05) is 6.07 Å². The molecule has 2 aromatic rings. The maximum atomic E-state index is 11.9. The van der Waals surface area contributed by atoms with E-state index in [0.29, 0.717) is 17.3 Å². The Bertz CT molecular complexity index is 554. The van der Waals surface area contributed by atoms with Gasteiger partial charge in [-0.2, -0.15) is 0 Å². The molecule has 0 aliphatic carbocycles. The molecule has 2 rings (SSSR count). The number of ketones is 1. The fraction of sp³-hybridized carbons (Fsp3) is 0.167. The number of nitrogens with zero attached hydrogens (tertiary/aromatic N) is 3. The number of nitrogen functional groups attached to an aromatic ring is 1. The maximum absolute atomic E-state index is 11.9. The Morgan fingerprint density at radius 2 is 2.17 bits per heavy atom. The number of Topliss-reactive ketones (excluding diaryl/α,β-unsaturated/α-hetero) is 1. The van der Waals surface area contributed by atoms with E-state index in [0.717, 1.165) is 0 Å². The van der Waals surface area contributed by atoms with Gasteiger partial charge in [-0.05, 0) is 12.1 Å². The lowest BCUT2D eigenvalue weighted by atomic mass is 10.1. The zero-order chi connectivity index (χ0) is 13.0. The third kappa shape index (κ3) is 2.60. The van der Waals surface area contributed by atoms with Crippen LogP contribution in [0.1, 0.15) is 16.1 Å². The molecule has 6 nitrogen and oxygen atoms in total. The second-order valence-electron chi connectivity index (χ2n) is 3.61. The highest BCUT2D eigenvalue weighted by Crippen LogP contribution is 2.11. The lowest BCUT2D eigenvalue weighted by Crippen LogP contribution is -2.09. The van der Waals surface area contributed by atoms with Gasteiger partial charge in [0.25, 0.3) is 0 Å². The number of aromatic nitrogens is 3. The van der Waals surface area contributed by atoms with Crippen LogP contribution < -0.4 is 10.5 Å². The monoisotopic (exact) mass is 244 g/mol. The van der Waals surface area contributed by atoms with Crippen LogP contribution in [0, 0.1) is 0 Å². The van der Waals surface area contributed by atoms with Gasteiger partial charge >= 0.3 is 0 Å². The smallest absolute Gasteiger partial charge is 0.233 e. The Kier molecular flexibility index (Phi) is 3.47. The first kappa shape index (κ1) is 12.0. The number of anilines is 1. The summed E-state index contributed by atoms with van der Waals surface area (Å²) in [5.41, 5.74) is 6.63. The number of carbonyl (C=O) groups is 1. The molecule has 0 bridgehead atoms. The molecule has 18 heavy (non-hydrogen) atoms. The second kappa shape index (κ2) is 5.22. The van der Waals surface area contributed by atoms with Crippen LogP contribution in [0.4, 0.5) is 5.82 Å². The molecule has 0 radical (unpaired) electrons. The van der Waals surface area contributed by atoms with Crippen molar-refractivity contribution in [3.05, 3.63) is 41.7 Å². The van der Waals surface area contributed by atoms with Crippen LogP contribution >= 0.6 is 0 Å². The SMILES string of the molecule is COc1ccc(C(=O)Cc2cccnc2N)nn1. The number of pyridine rings is 1. The van der Waals surface area contributed by atoms with Crippen molar-refractivity contribution >= 4 is 11.6 Å². The predicted molar refractivity (Wildman–Crippen MR) is 65.3 cm³/mol. The molecule has 0 atom stereocenters. The first-order valence-corrected chi connectivity index (χ1v) is 5.31. The van der Waals surface area contributed by atoms with E-state index in [9.17, 15) is 4.79 Å². The van der Waals surface area contributed by atoms with Gasteiger partial charge in [-0.25, -0.2) is 4.98 Å². The Labute approximate surface area is 104 Å². The molecule has 0 unspecified atom stereocenters. The molecule has 0 fully saturated rings. The first-order chi connectivity index (χ1) is 8.70. The molecule has 0 saturated heterocycles. The number of methoxy groups -OCH3 is 1. The molecule has 0 aliphatic heterocycles. The Morgan fingerprint density at radius 1 is 1.33 bits per heavy atom. The Balaban J connectivity index is 2.14. The average molecular weight is 244 g/mol. The number of hydrogen-bond donors (Lipinski definition) is 1. The summed E-state index contributed by atoms with van der Waals surface area (Å²) in [5.74, 6) is 0.560. The zero-order valence-electron chi connectivity index (χ0n) is 9.83. The summed E-state index contributed by atoms with van der Waals surface area (Å²) in [6, 6.07) is 6.66. The molecule has 0 aromatic carbocycles. The number of ether oxygens (including phenoxy) is 1. The Morgan fingerprint density at radius 3 is 2.78 bits per heavy atom. The highest BCUT2D eigenvalue weighted by molar-refractivity contribution is 5.96. The summed E-state index contributed by atoms with van der Waals surface area (Å²) in [6.45, 7) is 0. The largest absolute Gasteiger partial charge is 0.480 e. The van der Waals surface area contributed by atoms with E-state index in [1.165, 1.54) is 7.11 Å². The minimum Gasteiger partial charge on any atom is -0.480 e. The van der Waals surface area contributed by atoms with E-state index >= 15 is 0 Å². The van der Waals surface area contributed by atoms with Crippen LogP contribution in [-0.4, -0.2) is 28.1 Å². The molecule has 0 amide bonds. The van der Waals surface area contributed by atoms with Crippen molar-refractivity contribution in [1.29, 1.82) is 0 Å². The highest BCUT2D eigenvalue weighted by Gasteiger charge is 2.11. The normalized spacial score (nSPS) is 10.1. The van der Waals surface area contributed by atoms with E-state index in [2.05, 4.69) is 15.2 Å². The molecule has 92 valence electrons. The standard InChI is InChI=1S/C12H12N4O2/c1-18-11-5-4-9(15-16-11)10(17)7-8-3-2-6-14-12(8)13/h2-6H,7H2,1H3,(H2,13,14). The summed E-state index contributed by atoms with van der Waals surface area (Å²) >= 11 is 0. The fourth-order valence-electron chi connectivity index (χ4n) is 1.44. The lowest BCUT2D eigenvalue weighted by molar-refractivity contribution is 0.0987. The van der Waals surface area contributed by atoms with Gasteiger partial charge in [0, 0.05) is 24.2 Å². The minimum atomic E-state index is -0.162. The van der Waals surface area contributed by atoms with Crippen molar-refractivity contribution in [2.75, 3.05) is 12.8 Å². The molecule has 0 saturated carbocycles. The van der Waals surface area contributed by atoms with Gasteiger partial charge in [0.15, 0.2) is 5.78 Å². The fourth-order valence-corrected chi connectivity index (χ4v) is 1.44. The number of rotatable bonds is 4. The molecule has 2 heterocycles. The third-order valence-electron chi connectivity index (χ3n) is 2.41. The van der Waals surface area contributed by atoms with Gasteiger partial charge in [-0.3, -0.25) is 4.79 Å². The molecule has 0 aliphatic rings. The zero-order valence-corrected chi connectivity index (χ0v) is 9.83. The summed E-state index contributed by atoms with van der Waals surface area (Å²) in [7, 11) is 1.49. The van der Waals surface area contributed by atoms with E-state index in [1.54, 1.807) is 30.5 Å². The average Bonchev–Trinajstić information content (AvgIpc) is 2.41. The van der Waals surface area contributed by atoms with Crippen molar-refractivity contribution in [3.8, 4) is 5.88 Å².